The third-order valence-corrected chi connectivity index (χ3v) is 12.9. The minimum Gasteiger partial charge on any atom is -0.508 e. The second-order valence-corrected chi connectivity index (χ2v) is 16.8. The summed E-state index contributed by atoms with van der Waals surface area (Å²) in [6.07, 6.45) is 2.38. The van der Waals surface area contributed by atoms with Crippen LogP contribution in [0.1, 0.15) is 35.4 Å². The van der Waals surface area contributed by atoms with E-state index in [9.17, 15) is 19.5 Å². The first-order valence-electron chi connectivity index (χ1n) is 19.6. The molecular weight excluding hydrogens is 808 g/mol. The van der Waals surface area contributed by atoms with E-state index in [-0.39, 0.29) is 30.4 Å². The van der Waals surface area contributed by atoms with Gasteiger partial charge in [0.05, 0.1) is 45.9 Å². The van der Waals surface area contributed by atoms with Crippen LogP contribution in [-0.2, 0) is 24.6 Å². The number of phenolic OH excluding ortho intramolecular Hbond substituents is 1. The number of azo groups is 1. The highest BCUT2D eigenvalue weighted by Gasteiger charge is 2.70. The summed E-state index contributed by atoms with van der Waals surface area (Å²) in [6.45, 7) is 1.96. The molecule has 2 heterocycles. The first-order valence-corrected chi connectivity index (χ1v) is 20.4. The molecule has 0 radical (unpaired) electrons. The fraction of sp³-hybridized carbons (Fsp3) is 0.234. The van der Waals surface area contributed by atoms with E-state index < -0.39 is 46.8 Å². The number of nitrogens with one attached hydrogen (secondary N) is 1. The molecule has 5 aromatic rings. The molecule has 3 fully saturated rings. The Bertz CT molecular complexity index is 2560. The highest BCUT2D eigenvalue weighted by atomic mass is 79.9. The minimum absolute atomic E-state index is 0.0422. The van der Waals surface area contributed by atoms with Crippen LogP contribution in [0.25, 0.3) is 0 Å². The summed E-state index contributed by atoms with van der Waals surface area (Å²) in [4.78, 5) is 62.6. The molecule has 2 aliphatic carbocycles. The van der Waals surface area contributed by atoms with Gasteiger partial charge in [0.25, 0.3) is 11.8 Å². The molecule has 4 amide bonds. The number of phenols is 1. The molecule has 6 unspecified atom stereocenters. The molecule has 0 aromatic heterocycles. The number of hydrogen-bond donors (Lipinski definition) is 2. The van der Waals surface area contributed by atoms with Crippen LogP contribution >= 0.6 is 15.9 Å². The van der Waals surface area contributed by atoms with E-state index in [0.29, 0.717) is 38.3 Å². The van der Waals surface area contributed by atoms with Crippen molar-refractivity contribution >= 4 is 68.0 Å². The molecule has 2 saturated heterocycles. The Morgan fingerprint density at radius 1 is 0.780 bits per heavy atom. The maximum atomic E-state index is 15.3. The number of anilines is 3. The standard InChI is InChI=1S/C47H41BrN6O5/c1-27-9-12-32(13-10-27)51-54-44(57)39-26-37-35(42(38-25-29(48)11-24-40(38)55)47(39,46(54)59)28-7-5-4-6-8-28)22-23-36-41(37)45(58)53(43(36)56)34-20-16-31(17-21-34)50-49-30-14-18-33(19-15-30)52(2)3/h4-22,24-25,36-37,39,41-42,51,55H,23,26H2,1-3H3. The molecule has 5 aromatic carbocycles. The summed E-state index contributed by atoms with van der Waals surface area (Å²) in [7, 11) is 3.93. The molecule has 2 aliphatic heterocycles. The molecule has 6 atom stereocenters. The number of aromatic hydroxyl groups is 1. The molecule has 296 valence electrons. The van der Waals surface area contributed by atoms with E-state index in [2.05, 4.69) is 31.6 Å². The number of halogens is 1. The lowest BCUT2D eigenvalue weighted by molar-refractivity contribution is -0.138. The van der Waals surface area contributed by atoms with Crippen LogP contribution in [-0.4, -0.2) is 47.8 Å². The van der Waals surface area contributed by atoms with Gasteiger partial charge in [-0.2, -0.15) is 15.2 Å². The number of benzene rings is 5. The van der Waals surface area contributed by atoms with Gasteiger partial charge >= 0.3 is 0 Å². The average molecular weight is 850 g/mol. The lowest BCUT2D eigenvalue weighted by Crippen LogP contribution is -2.53. The Balaban J connectivity index is 1.10. The second kappa shape index (κ2) is 14.8. The van der Waals surface area contributed by atoms with Gasteiger partial charge in [-0.05, 0) is 110 Å². The van der Waals surface area contributed by atoms with Crippen LogP contribution in [0.4, 0.5) is 28.4 Å². The topological polar surface area (TPSA) is 135 Å². The number of rotatable bonds is 8. The monoisotopic (exact) mass is 848 g/mol. The fourth-order valence-electron chi connectivity index (χ4n) is 9.70. The largest absolute Gasteiger partial charge is 0.508 e. The van der Waals surface area contributed by atoms with Crippen molar-refractivity contribution in [2.45, 2.75) is 31.1 Å². The van der Waals surface area contributed by atoms with E-state index in [1.807, 2.05) is 111 Å². The zero-order chi connectivity index (χ0) is 41.2. The summed E-state index contributed by atoms with van der Waals surface area (Å²) in [5.74, 6) is -5.45. The Labute approximate surface area is 350 Å². The normalized spacial score (nSPS) is 24.9. The zero-order valence-corrected chi connectivity index (χ0v) is 34.2. The van der Waals surface area contributed by atoms with Gasteiger partial charge < -0.3 is 10.0 Å². The number of fused-ring (bicyclic) bond motifs is 4. The van der Waals surface area contributed by atoms with Crippen molar-refractivity contribution in [1.29, 1.82) is 0 Å². The number of carbonyl (C=O) groups is 4. The van der Waals surface area contributed by atoms with Crippen LogP contribution in [0.2, 0.25) is 0 Å². The number of hydrogen-bond acceptors (Lipinski definition) is 9. The number of nitrogens with zero attached hydrogens (tertiary/aromatic N) is 5. The Hall–Kier alpha value is -6.40. The summed E-state index contributed by atoms with van der Waals surface area (Å²) in [5, 5.41) is 21.5. The van der Waals surface area contributed by atoms with E-state index in [1.54, 1.807) is 42.5 Å². The Kier molecular flexibility index (Phi) is 9.54. The first-order chi connectivity index (χ1) is 28.5. The van der Waals surface area contributed by atoms with Crippen LogP contribution in [0.15, 0.2) is 148 Å². The van der Waals surface area contributed by atoms with Crippen molar-refractivity contribution in [3.63, 3.8) is 0 Å². The predicted molar refractivity (Wildman–Crippen MR) is 228 cm³/mol. The van der Waals surface area contributed by atoms with Gasteiger partial charge in [-0.15, -0.1) is 0 Å². The van der Waals surface area contributed by atoms with Crippen molar-refractivity contribution < 1.29 is 24.3 Å². The second-order valence-electron chi connectivity index (χ2n) is 15.9. The third kappa shape index (κ3) is 6.24. The van der Waals surface area contributed by atoms with E-state index in [0.717, 1.165) is 21.8 Å². The number of allylic oxidation sites excluding steroid dienone is 2. The molecule has 4 aliphatic rings. The number of amides is 4. The van der Waals surface area contributed by atoms with Gasteiger partial charge in [-0.3, -0.25) is 29.5 Å². The molecular formula is C47H41BrN6O5. The smallest absolute Gasteiger partial charge is 0.260 e. The summed E-state index contributed by atoms with van der Waals surface area (Å²) >= 11 is 3.59. The molecule has 12 heteroatoms. The quantitative estimate of drug-likeness (QED) is 0.0904. The van der Waals surface area contributed by atoms with Gasteiger partial charge in [0.1, 0.15) is 5.75 Å². The van der Waals surface area contributed by atoms with Crippen LogP contribution in [0.5, 0.6) is 5.75 Å². The van der Waals surface area contributed by atoms with E-state index in [4.69, 9.17) is 0 Å². The highest BCUT2D eigenvalue weighted by molar-refractivity contribution is 9.10. The number of imide groups is 2. The van der Waals surface area contributed by atoms with Gasteiger partial charge in [0.15, 0.2) is 0 Å². The van der Waals surface area contributed by atoms with Gasteiger partial charge in [-0.25, -0.2) is 0 Å². The van der Waals surface area contributed by atoms with Crippen molar-refractivity contribution in [3.05, 3.63) is 154 Å². The highest BCUT2D eigenvalue weighted by Crippen LogP contribution is 2.65. The molecule has 0 bridgehead atoms. The Morgan fingerprint density at radius 2 is 1.44 bits per heavy atom. The van der Waals surface area contributed by atoms with Crippen molar-refractivity contribution in [1.82, 2.24) is 5.01 Å². The molecule has 59 heavy (non-hydrogen) atoms. The molecule has 2 N–H and O–H groups in total. The number of carbonyl (C=O) groups excluding carboxylic acids is 4. The number of hydrazine groups is 1. The van der Waals surface area contributed by atoms with Crippen LogP contribution in [0.3, 0.4) is 0 Å². The predicted octanol–water partition coefficient (Wildman–Crippen LogP) is 9.13. The number of aryl methyl sites for hydroxylation is 1. The summed E-state index contributed by atoms with van der Waals surface area (Å²) in [6, 6.07) is 36.3. The lowest BCUT2D eigenvalue weighted by atomic mass is 9.49. The SMILES string of the molecule is Cc1ccc(NN2C(=O)C3CC4C(=CCC5C(=O)N(c6ccc(N=Nc7ccc(N(C)C)cc7)cc6)C(=O)C54)C(c4cc(Br)ccc4O)C3(c3ccccc3)C2=O)cc1. The molecule has 11 nitrogen and oxygen atoms in total. The van der Waals surface area contributed by atoms with Crippen molar-refractivity contribution in [3.8, 4) is 5.75 Å². The summed E-state index contributed by atoms with van der Waals surface area (Å²) in [5.41, 5.74) is 7.75. The minimum atomic E-state index is -1.49. The maximum absolute atomic E-state index is 15.3. The average Bonchev–Trinajstić information content (AvgIpc) is 3.63. The van der Waals surface area contributed by atoms with E-state index in [1.165, 1.54) is 4.90 Å². The van der Waals surface area contributed by atoms with Gasteiger partial charge in [-0.1, -0.05) is 75.6 Å². The van der Waals surface area contributed by atoms with Gasteiger partial charge in [0.2, 0.25) is 11.8 Å². The Morgan fingerprint density at radius 3 is 2.10 bits per heavy atom. The lowest BCUT2D eigenvalue weighted by Gasteiger charge is -2.50. The van der Waals surface area contributed by atoms with E-state index >= 15 is 4.79 Å². The third-order valence-electron chi connectivity index (χ3n) is 12.4. The molecule has 1 saturated carbocycles. The van der Waals surface area contributed by atoms with Crippen LogP contribution < -0.4 is 15.2 Å². The van der Waals surface area contributed by atoms with Crippen molar-refractivity contribution in [2.75, 3.05) is 29.3 Å². The van der Waals surface area contributed by atoms with Crippen molar-refractivity contribution in [2.24, 2.45) is 33.9 Å². The molecule has 9 rings (SSSR count). The first kappa shape index (κ1) is 38.1. The summed E-state index contributed by atoms with van der Waals surface area (Å²) < 4.78 is 0.677. The molecule has 0 spiro atoms. The zero-order valence-electron chi connectivity index (χ0n) is 32.6. The fourth-order valence-corrected chi connectivity index (χ4v) is 10.1. The van der Waals surface area contributed by atoms with Crippen LogP contribution in [0, 0.1) is 30.6 Å². The maximum Gasteiger partial charge on any atom is 0.260 e. The van der Waals surface area contributed by atoms with Gasteiger partial charge in [0, 0.05) is 35.7 Å².